The number of hydrogen-bond acceptors (Lipinski definition) is 4. The Balaban J connectivity index is 2.50. The first kappa shape index (κ1) is 9.63. The van der Waals surface area contributed by atoms with Gasteiger partial charge in [0.25, 0.3) is 10.0 Å². The molecule has 2 heterocycles. The summed E-state index contributed by atoms with van der Waals surface area (Å²) in [5, 5.41) is 3.37. The molecular formula is C7H12N4O2S. The van der Waals surface area contributed by atoms with Crippen LogP contribution in [0.3, 0.4) is 0 Å². The van der Waals surface area contributed by atoms with Crippen LogP contribution in [0.2, 0.25) is 0 Å². The molecule has 0 bridgehead atoms. The minimum atomic E-state index is -3.37. The second-order valence-electron chi connectivity index (χ2n) is 3.05. The highest BCUT2D eigenvalue weighted by Crippen LogP contribution is 2.13. The molecule has 1 aliphatic rings. The van der Waals surface area contributed by atoms with Gasteiger partial charge in [-0.2, -0.15) is 0 Å². The van der Waals surface area contributed by atoms with Gasteiger partial charge in [0, 0.05) is 13.1 Å². The van der Waals surface area contributed by atoms with Gasteiger partial charge in [0.1, 0.15) is 5.82 Å². The molecule has 6 nitrogen and oxygen atoms in total. The van der Waals surface area contributed by atoms with E-state index in [0.29, 0.717) is 13.1 Å². The van der Waals surface area contributed by atoms with Gasteiger partial charge in [-0.15, -0.1) is 0 Å². The summed E-state index contributed by atoms with van der Waals surface area (Å²) in [5.41, 5.74) is 0. The zero-order valence-corrected chi connectivity index (χ0v) is 8.63. The summed E-state index contributed by atoms with van der Waals surface area (Å²) in [7, 11) is -1.97. The van der Waals surface area contributed by atoms with Crippen LogP contribution in [-0.2, 0) is 23.1 Å². The van der Waals surface area contributed by atoms with E-state index in [0.717, 1.165) is 12.4 Å². The minimum absolute atomic E-state index is 0.247. The topological polar surface area (TPSA) is 76.0 Å². The highest BCUT2D eigenvalue weighted by Gasteiger charge is 2.22. The number of fused-ring (bicyclic) bond motifs is 1. The molecule has 78 valence electrons. The van der Waals surface area contributed by atoms with Gasteiger partial charge in [-0.05, 0) is 7.05 Å². The minimum Gasteiger partial charge on any atom is -0.316 e. The molecule has 0 saturated heterocycles. The van der Waals surface area contributed by atoms with Crippen molar-refractivity contribution in [3.8, 4) is 0 Å². The van der Waals surface area contributed by atoms with Gasteiger partial charge in [-0.1, -0.05) is 0 Å². The Bertz CT molecular complexity index is 437. The first-order valence-electron chi connectivity index (χ1n) is 4.34. The quantitative estimate of drug-likeness (QED) is 0.657. The molecule has 1 aromatic heterocycles. The fourth-order valence-electron chi connectivity index (χ4n) is 1.49. The lowest BCUT2D eigenvalue weighted by molar-refractivity contribution is 0.475. The van der Waals surface area contributed by atoms with Crippen LogP contribution in [0.1, 0.15) is 5.82 Å². The van der Waals surface area contributed by atoms with Gasteiger partial charge in [0.15, 0.2) is 5.03 Å². The Hall–Kier alpha value is -0.920. The van der Waals surface area contributed by atoms with Crippen molar-refractivity contribution in [3.05, 3.63) is 12.0 Å². The molecule has 2 N–H and O–H groups in total. The number of rotatable bonds is 2. The van der Waals surface area contributed by atoms with Crippen LogP contribution in [0.15, 0.2) is 11.2 Å². The van der Waals surface area contributed by atoms with Crippen molar-refractivity contribution in [3.63, 3.8) is 0 Å². The summed E-state index contributed by atoms with van der Waals surface area (Å²) in [4.78, 5) is 4.05. The van der Waals surface area contributed by atoms with Crippen LogP contribution >= 0.6 is 0 Å². The van der Waals surface area contributed by atoms with Crippen LogP contribution in [0.5, 0.6) is 0 Å². The van der Waals surface area contributed by atoms with Crippen LogP contribution in [-0.4, -0.2) is 31.6 Å². The molecule has 0 unspecified atom stereocenters. The van der Waals surface area contributed by atoms with Gasteiger partial charge in [0.2, 0.25) is 0 Å². The van der Waals surface area contributed by atoms with E-state index in [4.69, 9.17) is 0 Å². The number of sulfonamides is 1. The molecule has 0 amide bonds. The van der Waals surface area contributed by atoms with Crippen molar-refractivity contribution in [1.29, 1.82) is 0 Å². The van der Waals surface area contributed by atoms with E-state index in [2.05, 4.69) is 15.0 Å². The average Bonchev–Trinajstić information content (AvgIpc) is 2.61. The number of imidazole rings is 1. The maximum atomic E-state index is 11.5. The largest absolute Gasteiger partial charge is 0.316 e. The molecule has 2 rings (SSSR count). The molecule has 0 saturated carbocycles. The SMILES string of the molecule is CNS(=O)(=O)c1cnc2n1CCNC2. The van der Waals surface area contributed by atoms with Gasteiger partial charge >= 0.3 is 0 Å². The number of nitrogens with zero attached hydrogens (tertiary/aromatic N) is 2. The summed E-state index contributed by atoms with van der Waals surface area (Å²) >= 11 is 0. The second kappa shape index (κ2) is 3.34. The van der Waals surface area contributed by atoms with Crippen molar-refractivity contribution >= 4 is 10.0 Å². The maximum Gasteiger partial charge on any atom is 0.257 e. The molecule has 0 aliphatic carbocycles. The third-order valence-electron chi connectivity index (χ3n) is 2.24. The Kier molecular flexibility index (Phi) is 2.30. The summed E-state index contributed by atoms with van der Waals surface area (Å²) in [6.45, 7) is 2.04. The van der Waals surface area contributed by atoms with E-state index in [1.54, 1.807) is 4.57 Å². The maximum absolute atomic E-state index is 11.5. The third kappa shape index (κ3) is 1.43. The van der Waals surface area contributed by atoms with E-state index in [-0.39, 0.29) is 5.03 Å². The molecule has 1 aliphatic heterocycles. The van der Waals surface area contributed by atoms with E-state index < -0.39 is 10.0 Å². The molecule has 1 aromatic rings. The molecule has 0 radical (unpaired) electrons. The Morgan fingerprint density at radius 1 is 1.64 bits per heavy atom. The summed E-state index contributed by atoms with van der Waals surface area (Å²) in [5.74, 6) is 0.769. The van der Waals surface area contributed by atoms with E-state index in [1.165, 1.54) is 13.2 Å². The van der Waals surface area contributed by atoms with Crippen molar-refractivity contribution in [2.24, 2.45) is 0 Å². The lowest BCUT2D eigenvalue weighted by Crippen LogP contribution is -2.31. The first-order valence-corrected chi connectivity index (χ1v) is 5.82. The van der Waals surface area contributed by atoms with Gasteiger partial charge in [-0.3, -0.25) is 0 Å². The number of nitrogens with one attached hydrogen (secondary N) is 2. The Morgan fingerprint density at radius 3 is 3.14 bits per heavy atom. The molecule has 14 heavy (non-hydrogen) atoms. The number of aromatic nitrogens is 2. The molecule has 7 heteroatoms. The smallest absolute Gasteiger partial charge is 0.257 e. The summed E-state index contributed by atoms with van der Waals surface area (Å²) in [6, 6.07) is 0. The molecule has 0 aromatic carbocycles. The van der Waals surface area contributed by atoms with Crippen molar-refractivity contribution in [2.75, 3.05) is 13.6 Å². The molecular weight excluding hydrogens is 204 g/mol. The lowest BCUT2D eigenvalue weighted by atomic mass is 10.4. The van der Waals surface area contributed by atoms with Gasteiger partial charge in [0.05, 0.1) is 12.7 Å². The second-order valence-corrected chi connectivity index (χ2v) is 4.88. The van der Waals surface area contributed by atoms with E-state index in [9.17, 15) is 8.42 Å². The zero-order valence-electron chi connectivity index (χ0n) is 7.82. The highest BCUT2D eigenvalue weighted by molar-refractivity contribution is 7.89. The summed E-state index contributed by atoms with van der Waals surface area (Å²) < 4.78 is 27.1. The van der Waals surface area contributed by atoms with Crippen molar-refractivity contribution in [1.82, 2.24) is 19.6 Å². The van der Waals surface area contributed by atoms with Crippen LogP contribution in [0.4, 0.5) is 0 Å². The van der Waals surface area contributed by atoms with Crippen molar-refractivity contribution < 1.29 is 8.42 Å². The van der Waals surface area contributed by atoms with Crippen LogP contribution in [0, 0.1) is 0 Å². The standard InChI is InChI=1S/C7H12N4O2S/c1-8-14(12,13)7-5-10-6-4-9-2-3-11(6)7/h5,8-9H,2-4H2,1H3. The van der Waals surface area contributed by atoms with E-state index >= 15 is 0 Å². The fourth-order valence-corrected chi connectivity index (χ4v) is 2.37. The third-order valence-corrected chi connectivity index (χ3v) is 3.65. The summed E-state index contributed by atoms with van der Waals surface area (Å²) in [6.07, 6.45) is 1.40. The normalized spacial score (nSPS) is 16.6. The fraction of sp³-hybridized carbons (Fsp3) is 0.571. The first-order chi connectivity index (χ1) is 6.65. The predicted molar refractivity (Wildman–Crippen MR) is 50.2 cm³/mol. The Morgan fingerprint density at radius 2 is 2.43 bits per heavy atom. The Labute approximate surface area is 82.4 Å². The molecule has 0 spiro atoms. The average molecular weight is 216 g/mol. The molecule has 0 atom stereocenters. The van der Waals surface area contributed by atoms with Crippen LogP contribution in [0.25, 0.3) is 0 Å². The molecule has 0 fully saturated rings. The highest BCUT2D eigenvalue weighted by atomic mass is 32.2. The van der Waals surface area contributed by atoms with Gasteiger partial charge in [-0.25, -0.2) is 18.1 Å². The lowest BCUT2D eigenvalue weighted by Gasteiger charge is -2.16. The van der Waals surface area contributed by atoms with Crippen LogP contribution < -0.4 is 10.0 Å². The zero-order chi connectivity index (χ0) is 10.2. The van der Waals surface area contributed by atoms with Crippen molar-refractivity contribution in [2.45, 2.75) is 18.1 Å². The van der Waals surface area contributed by atoms with E-state index in [1.807, 2.05) is 0 Å². The monoisotopic (exact) mass is 216 g/mol. The predicted octanol–water partition coefficient (Wildman–Crippen LogP) is -1.11. The van der Waals surface area contributed by atoms with Gasteiger partial charge < -0.3 is 9.88 Å². The number of hydrogen-bond donors (Lipinski definition) is 2.